The van der Waals surface area contributed by atoms with Crippen LogP contribution in [0.5, 0.6) is 0 Å². The monoisotopic (exact) mass is 154 g/mol. The first-order valence-corrected chi connectivity index (χ1v) is 3.82. The fourth-order valence-electron chi connectivity index (χ4n) is 1.36. The summed E-state index contributed by atoms with van der Waals surface area (Å²) < 4.78 is 0. The molecule has 4 heteroatoms. The highest BCUT2D eigenvalue weighted by molar-refractivity contribution is 5.99. The van der Waals surface area contributed by atoms with Gasteiger partial charge in [-0.15, -0.1) is 0 Å². The molecule has 2 aliphatic rings. The Bertz CT molecular complexity index is 194. The largest absolute Gasteiger partial charge is 0.294 e. The number of imide groups is 1. The lowest BCUT2D eigenvalue weighted by Gasteiger charge is -2.24. The number of carbonyl (C=O) groups excluding carboxylic acids is 2. The van der Waals surface area contributed by atoms with Crippen molar-refractivity contribution in [1.29, 1.82) is 0 Å². The summed E-state index contributed by atoms with van der Waals surface area (Å²) in [6, 6.07) is 0.505. The van der Waals surface area contributed by atoms with E-state index < -0.39 is 0 Å². The summed E-state index contributed by atoms with van der Waals surface area (Å²) in [5.74, 6) is -0.318. The van der Waals surface area contributed by atoms with Gasteiger partial charge >= 0.3 is 0 Å². The minimum absolute atomic E-state index is 0.159. The number of rotatable bonds is 1. The minimum Gasteiger partial charge on any atom is -0.294 e. The Balaban J connectivity index is 1.99. The van der Waals surface area contributed by atoms with E-state index in [1.54, 1.807) is 0 Å². The van der Waals surface area contributed by atoms with Gasteiger partial charge in [-0.25, -0.2) is 0 Å². The van der Waals surface area contributed by atoms with Crippen molar-refractivity contribution in [1.82, 2.24) is 10.2 Å². The van der Waals surface area contributed by atoms with Crippen LogP contribution in [0.3, 0.4) is 0 Å². The van der Waals surface area contributed by atoms with Gasteiger partial charge in [0.15, 0.2) is 0 Å². The molecule has 1 aliphatic heterocycles. The highest BCUT2D eigenvalue weighted by Gasteiger charge is 2.34. The fourth-order valence-corrected chi connectivity index (χ4v) is 1.36. The predicted molar refractivity (Wildman–Crippen MR) is 37.7 cm³/mol. The van der Waals surface area contributed by atoms with Crippen LogP contribution in [0.1, 0.15) is 12.8 Å². The van der Waals surface area contributed by atoms with E-state index in [4.69, 9.17) is 0 Å². The van der Waals surface area contributed by atoms with Crippen molar-refractivity contribution in [3.05, 3.63) is 0 Å². The maximum absolute atomic E-state index is 10.8. The van der Waals surface area contributed by atoms with Gasteiger partial charge in [-0.1, -0.05) is 0 Å². The van der Waals surface area contributed by atoms with E-state index in [1.165, 1.54) is 0 Å². The third-order valence-corrected chi connectivity index (χ3v) is 2.04. The molecule has 0 aromatic heterocycles. The number of hydrogen-bond acceptors (Lipinski definition) is 3. The van der Waals surface area contributed by atoms with Gasteiger partial charge in [0.25, 0.3) is 0 Å². The summed E-state index contributed by atoms with van der Waals surface area (Å²) in [5, 5.41) is 2.27. The molecule has 2 rings (SSSR count). The second-order valence-electron chi connectivity index (χ2n) is 3.11. The Kier molecular flexibility index (Phi) is 1.42. The standard InChI is InChI=1S/C7H10N2O2/c10-6-3-9(5-1-2-5)4-7(11)8-6/h5H,1-4H2,(H,8,10,11). The van der Waals surface area contributed by atoms with Gasteiger partial charge in [0, 0.05) is 6.04 Å². The van der Waals surface area contributed by atoms with Crippen LogP contribution < -0.4 is 5.32 Å². The molecule has 0 aromatic rings. The van der Waals surface area contributed by atoms with Crippen LogP contribution in [0.2, 0.25) is 0 Å². The van der Waals surface area contributed by atoms with E-state index in [0.717, 1.165) is 12.8 Å². The SMILES string of the molecule is O=C1CN(C2CC2)CC(=O)N1. The van der Waals surface area contributed by atoms with Gasteiger partial charge in [0.2, 0.25) is 11.8 Å². The molecule has 0 radical (unpaired) electrons. The second kappa shape index (κ2) is 2.30. The van der Waals surface area contributed by atoms with Gasteiger partial charge in [0.1, 0.15) is 0 Å². The first-order valence-electron chi connectivity index (χ1n) is 3.82. The van der Waals surface area contributed by atoms with Gasteiger partial charge in [0.05, 0.1) is 13.1 Å². The van der Waals surface area contributed by atoms with Gasteiger partial charge in [-0.2, -0.15) is 0 Å². The molecule has 1 saturated carbocycles. The quantitative estimate of drug-likeness (QED) is 0.498. The van der Waals surface area contributed by atoms with Crippen LogP contribution in [-0.2, 0) is 9.59 Å². The average molecular weight is 154 g/mol. The Morgan fingerprint density at radius 3 is 2.18 bits per heavy atom. The van der Waals surface area contributed by atoms with E-state index >= 15 is 0 Å². The van der Waals surface area contributed by atoms with Gasteiger partial charge in [-0.05, 0) is 12.8 Å². The summed E-state index contributed by atoms with van der Waals surface area (Å²) >= 11 is 0. The van der Waals surface area contributed by atoms with Crippen molar-refractivity contribution in [2.24, 2.45) is 0 Å². The van der Waals surface area contributed by atoms with Gasteiger partial charge in [-0.3, -0.25) is 19.8 Å². The molecule has 1 N–H and O–H groups in total. The lowest BCUT2D eigenvalue weighted by Crippen LogP contribution is -2.52. The molecule has 11 heavy (non-hydrogen) atoms. The first-order chi connectivity index (χ1) is 5.25. The fraction of sp³-hybridized carbons (Fsp3) is 0.714. The first kappa shape index (κ1) is 6.79. The third kappa shape index (κ3) is 1.40. The van der Waals surface area contributed by atoms with E-state index in [2.05, 4.69) is 5.32 Å². The van der Waals surface area contributed by atoms with Gasteiger partial charge < -0.3 is 0 Å². The van der Waals surface area contributed by atoms with Crippen LogP contribution >= 0.6 is 0 Å². The van der Waals surface area contributed by atoms with Crippen LogP contribution in [-0.4, -0.2) is 35.8 Å². The third-order valence-electron chi connectivity index (χ3n) is 2.04. The van der Waals surface area contributed by atoms with E-state index in [-0.39, 0.29) is 11.8 Å². The number of nitrogens with one attached hydrogen (secondary N) is 1. The van der Waals surface area contributed by atoms with E-state index in [9.17, 15) is 9.59 Å². The zero-order valence-corrected chi connectivity index (χ0v) is 6.17. The summed E-state index contributed by atoms with van der Waals surface area (Å²) in [6.07, 6.45) is 2.28. The number of carbonyl (C=O) groups is 2. The maximum atomic E-state index is 10.8. The normalized spacial score (nSPS) is 26.9. The molecular weight excluding hydrogens is 144 g/mol. The van der Waals surface area contributed by atoms with Crippen LogP contribution in [0.15, 0.2) is 0 Å². The Labute approximate surface area is 64.5 Å². The second-order valence-corrected chi connectivity index (χ2v) is 3.11. The topological polar surface area (TPSA) is 49.4 Å². The van der Waals surface area contributed by atoms with E-state index in [1.807, 2.05) is 4.90 Å². The lowest BCUT2D eigenvalue weighted by molar-refractivity contribution is -0.136. The summed E-state index contributed by atoms with van der Waals surface area (Å²) in [4.78, 5) is 23.6. The molecule has 1 saturated heterocycles. The van der Waals surface area contributed by atoms with Crippen molar-refractivity contribution in [2.75, 3.05) is 13.1 Å². The lowest BCUT2D eigenvalue weighted by atomic mass is 10.3. The molecule has 2 fully saturated rings. The number of piperazine rings is 1. The molecule has 0 aromatic carbocycles. The Morgan fingerprint density at radius 2 is 1.73 bits per heavy atom. The van der Waals surface area contributed by atoms with Crippen LogP contribution in [0.4, 0.5) is 0 Å². The number of amides is 2. The molecule has 0 unspecified atom stereocenters. The zero-order chi connectivity index (χ0) is 7.84. The van der Waals surface area contributed by atoms with Crippen molar-refractivity contribution >= 4 is 11.8 Å². The van der Waals surface area contributed by atoms with Crippen LogP contribution in [0, 0.1) is 0 Å². The molecule has 4 nitrogen and oxygen atoms in total. The van der Waals surface area contributed by atoms with Crippen molar-refractivity contribution in [3.8, 4) is 0 Å². The minimum atomic E-state index is -0.159. The Hall–Kier alpha value is -0.900. The summed E-state index contributed by atoms with van der Waals surface area (Å²) in [5.41, 5.74) is 0. The van der Waals surface area contributed by atoms with Crippen molar-refractivity contribution in [2.45, 2.75) is 18.9 Å². The molecule has 1 aliphatic carbocycles. The molecule has 0 atom stereocenters. The smallest absolute Gasteiger partial charge is 0.240 e. The van der Waals surface area contributed by atoms with Crippen molar-refractivity contribution in [3.63, 3.8) is 0 Å². The molecule has 0 bridgehead atoms. The highest BCUT2D eigenvalue weighted by atomic mass is 16.2. The molecule has 0 spiro atoms. The molecular formula is C7H10N2O2. The van der Waals surface area contributed by atoms with E-state index in [0.29, 0.717) is 19.1 Å². The van der Waals surface area contributed by atoms with Crippen molar-refractivity contribution < 1.29 is 9.59 Å². The summed E-state index contributed by atoms with van der Waals surface area (Å²) in [7, 11) is 0. The zero-order valence-electron chi connectivity index (χ0n) is 6.17. The van der Waals surface area contributed by atoms with Crippen LogP contribution in [0.25, 0.3) is 0 Å². The molecule has 60 valence electrons. The number of nitrogens with zero attached hydrogens (tertiary/aromatic N) is 1. The molecule has 1 heterocycles. The molecule has 2 amide bonds. The predicted octanol–water partition coefficient (Wildman–Crippen LogP) is -0.893. The maximum Gasteiger partial charge on any atom is 0.240 e. The summed E-state index contributed by atoms with van der Waals surface area (Å²) in [6.45, 7) is 0.798. The number of hydrogen-bond donors (Lipinski definition) is 1. The Morgan fingerprint density at radius 1 is 1.18 bits per heavy atom. The highest BCUT2D eigenvalue weighted by Crippen LogP contribution is 2.26. The average Bonchev–Trinajstić information content (AvgIpc) is 2.64.